The predicted molar refractivity (Wildman–Crippen MR) is 86.8 cm³/mol. The molecule has 1 nitrogen and oxygen atoms in total. The molecule has 0 radical (unpaired) electrons. The molecule has 0 heterocycles. The molecule has 106 valence electrons. The monoisotopic (exact) mass is 343 g/mol. The van der Waals surface area contributed by atoms with Crippen LogP contribution >= 0.6 is 27.5 Å². The summed E-state index contributed by atoms with van der Waals surface area (Å²) in [5, 5.41) is 4.49. The van der Waals surface area contributed by atoms with Gasteiger partial charge < -0.3 is 5.32 Å². The highest BCUT2D eigenvalue weighted by atomic mass is 79.9. The first-order chi connectivity index (χ1) is 9.06. The van der Waals surface area contributed by atoms with Crippen LogP contribution in [0, 0.1) is 11.8 Å². The van der Waals surface area contributed by atoms with E-state index in [1.807, 2.05) is 6.07 Å². The van der Waals surface area contributed by atoms with Crippen molar-refractivity contribution >= 4 is 27.5 Å². The Morgan fingerprint density at radius 3 is 2.74 bits per heavy atom. The molecule has 1 aromatic rings. The van der Waals surface area contributed by atoms with Crippen molar-refractivity contribution in [2.45, 2.75) is 45.6 Å². The van der Waals surface area contributed by atoms with Crippen molar-refractivity contribution in [3.8, 4) is 0 Å². The largest absolute Gasteiger partial charge is 0.314 e. The van der Waals surface area contributed by atoms with Gasteiger partial charge in [-0.2, -0.15) is 0 Å². The Bertz CT molecular complexity index is 419. The van der Waals surface area contributed by atoms with Crippen LogP contribution in [0.15, 0.2) is 22.7 Å². The summed E-state index contributed by atoms with van der Waals surface area (Å²) < 4.78 is 1.06. The van der Waals surface area contributed by atoms with Crippen LogP contribution in [-0.2, 0) is 6.42 Å². The molecular weight excluding hydrogens is 322 g/mol. The first kappa shape index (κ1) is 15.3. The zero-order valence-corrected chi connectivity index (χ0v) is 14.1. The predicted octanol–water partition coefficient (Wildman–Crippen LogP) is 5.06. The smallest absolute Gasteiger partial charge is 0.0449 e. The second-order valence-electron chi connectivity index (χ2n) is 5.95. The molecule has 0 spiro atoms. The molecule has 3 heteroatoms. The van der Waals surface area contributed by atoms with Gasteiger partial charge in [-0.3, -0.25) is 0 Å². The fourth-order valence-electron chi connectivity index (χ4n) is 3.01. The Morgan fingerprint density at radius 2 is 2.05 bits per heavy atom. The van der Waals surface area contributed by atoms with Gasteiger partial charge in [0.1, 0.15) is 0 Å². The van der Waals surface area contributed by atoms with Crippen molar-refractivity contribution in [2.24, 2.45) is 11.8 Å². The van der Waals surface area contributed by atoms with E-state index in [-0.39, 0.29) is 0 Å². The number of hydrogen-bond donors (Lipinski definition) is 1. The molecule has 1 aromatic carbocycles. The summed E-state index contributed by atoms with van der Waals surface area (Å²) in [4.78, 5) is 0. The lowest BCUT2D eigenvalue weighted by atomic mass is 9.89. The zero-order chi connectivity index (χ0) is 13.8. The Morgan fingerprint density at radius 1 is 1.32 bits per heavy atom. The maximum atomic E-state index is 6.34. The number of nitrogens with one attached hydrogen (secondary N) is 1. The van der Waals surface area contributed by atoms with E-state index >= 15 is 0 Å². The topological polar surface area (TPSA) is 12.0 Å². The van der Waals surface area contributed by atoms with Gasteiger partial charge >= 0.3 is 0 Å². The average molecular weight is 345 g/mol. The van der Waals surface area contributed by atoms with E-state index in [2.05, 4.69) is 47.2 Å². The van der Waals surface area contributed by atoms with Crippen LogP contribution in [0.4, 0.5) is 0 Å². The molecular formula is C16H23BrClN. The van der Waals surface area contributed by atoms with Gasteiger partial charge in [-0.15, -0.1) is 0 Å². The SMILES string of the molecule is CC(C)NCC1CCCC1Cc1ccc(Br)cc1Cl. The normalized spacial score (nSPS) is 23.2. The summed E-state index contributed by atoms with van der Waals surface area (Å²) in [5.74, 6) is 1.59. The summed E-state index contributed by atoms with van der Waals surface area (Å²) in [5.41, 5.74) is 1.30. The quantitative estimate of drug-likeness (QED) is 0.787. The van der Waals surface area contributed by atoms with E-state index in [1.54, 1.807) is 0 Å². The number of benzene rings is 1. The van der Waals surface area contributed by atoms with Gasteiger partial charge in [-0.25, -0.2) is 0 Å². The number of rotatable bonds is 5. The Kier molecular flexibility index (Phi) is 5.73. The molecule has 1 fully saturated rings. The standard InChI is InChI=1S/C16H23BrClN/c1-11(2)19-10-14-5-3-4-12(14)8-13-6-7-15(17)9-16(13)18/h6-7,9,11-12,14,19H,3-5,8,10H2,1-2H3. The maximum Gasteiger partial charge on any atom is 0.0449 e. The van der Waals surface area contributed by atoms with Crippen LogP contribution in [-0.4, -0.2) is 12.6 Å². The van der Waals surface area contributed by atoms with Gasteiger partial charge in [0, 0.05) is 15.5 Å². The third kappa shape index (κ3) is 4.47. The number of hydrogen-bond acceptors (Lipinski definition) is 1. The summed E-state index contributed by atoms with van der Waals surface area (Å²) in [6, 6.07) is 6.85. The number of halogens is 2. The van der Waals surface area contributed by atoms with Crippen LogP contribution in [0.3, 0.4) is 0 Å². The Labute approximate surface area is 130 Å². The third-order valence-corrected chi connectivity index (χ3v) is 4.95. The fourth-order valence-corrected chi connectivity index (χ4v) is 3.76. The van der Waals surface area contributed by atoms with E-state index in [0.29, 0.717) is 6.04 Å². The molecule has 2 rings (SSSR count). The molecule has 2 unspecified atom stereocenters. The zero-order valence-electron chi connectivity index (χ0n) is 11.8. The highest BCUT2D eigenvalue weighted by Crippen LogP contribution is 2.35. The van der Waals surface area contributed by atoms with Gasteiger partial charge in [0.15, 0.2) is 0 Å². The summed E-state index contributed by atoms with van der Waals surface area (Å²) in [6.07, 6.45) is 5.19. The lowest BCUT2D eigenvalue weighted by Gasteiger charge is -2.22. The van der Waals surface area contributed by atoms with E-state index in [4.69, 9.17) is 11.6 Å². The first-order valence-electron chi connectivity index (χ1n) is 7.23. The van der Waals surface area contributed by atoms with Crippen LogP contribution < -0.4 is 5.32 Å². The van der Waals surface area contributed by atoms with Crippen molar-refractivity contribution in [1.82, 2.24) is 5.32 Å². The minimum Gasteiger partial charge on any atom is -0.314 e. The van der Waals surface area contributed by atoms with E-state index < -0.39 is 0 Å². The molecule has 0 bridgehead atoms. The maximum absolute atomic E-state index is 6.34. The van der Waals surface area contributed by atoms with Crippen molar-refractivity contribution < 1.29 is 0 Å². The second kappa shape index (κ2) is 7.10. The Balaban J connectivity index is 1.97. The van der Waals surface area contributed by atoms with E-state index in [0.717, 1.165) is 34.3 Å². The molecule has 0 aliphatic heterocycles. The van der Waals surface area contributed by atoms with Crippen molar-refractivity contribution in [3.05, 3.63) is 33.3 Å². The summed E-state index contributed by atoms with van der Waals surface area (Å²) in [7, 11) is 0. The van der Waals surface area contributed by atoms with Crippen molar-refractivity contribution in [2.75, 3.05) is 6.54 Å². The van der Waals surface area contributed by atoms with Gasteiger partial charge in [0.25, 0.3) is 0 Å². The average Bonchev–Trinajstić information content (AvgIpc) is 2.77. The second-order valence-corrected chi connectivity index (χ2v) is 7.28. The van der Waals surface area contributed by atoms with Gasteiger partial charge in [-0.05, 0) is 55.3 Å². The third-order valence-electron chi connectivity index (χ3n) is 4.10. The summed E-state index contributed by atoms with van der Waals surface area (Å²) in [6.45, 7) is 5.58. The molecule has 1 saturated carbocycles. The van der Waals surface area contributed by atoms with Gasteiger partial charge in [-0.1, -0.05) is 53.9 Å². The summed E-state index contributed by atoms with van der Waals surface area (Å²) >= 11 is 9.80. The lowest BCUT2D eigenvalue weighted by Crippen LogP contribution is -2.31. The fraction of sp³-hybridized carbons (Fsp3) is 0.625. The first-order valence-corrected chi connectivity index (χ1v) is 8.40. The van der Waals surface area contributed by atoms with Gasteiger partial charge in [0.05, 0.1) is 0 Å². The van der Waals surface area contributed by atoms with Crippen LogP contribution in [0.5, 0.6) is 0 Å². The highest BCUT2D eigenvalue weighted by molar-refractivity contribution is 9.10. The molecule has 1 aliphatic rings. The van der Waals surface area contributed by atoms with Crippen LogP contribution in [0.1, 0.15) is 38.7 Å². The van der Waals surface area contributed by atoms with E-state index in [1.165, 1.54) is 24.8 Å². The molecule has 0 aromatic heterocycles. The lowest BCUT2D eigenvalue weighted by molar-refractivity contribution is 0.354. The molecule has 1 aliphatic carbocycles. The van der Waals surface area contributed by atoms with Gasteiger partial charge in [0.2, 0.25) is 0 Å². The van der Waals surface area contributed by atoms with Crippen LogP contribution in [0.25, 0.3) is 0 Å². The molecule has 19 heavy (non-hydrogen) atoms. The highest BCUT2D eigenvalue weighted by Gasteiger charge is 2.27. The molecule has 1 N–H and O–H groups in total. The minimum atomic E-state index is 0.581. The minimum absolute atomic E-state index is 0.581. The van der Waals surface area contributed by atoms with Crippen molar-refractivity contribution in [3.63, 3.8) is 0 Å². The molecule has 2 atom stereocenters. The van der Waals surface area contributed by atoms with Crippen molar-refractivity contribution in [1.29, 1.82) is 0 Å². The van der Waals surface area contributed by atoms with Crippen LogP contribution in [0.2, 0.25) is 5.02 Å². The molecule has 0 amide bonds. The molecule has 0 saturated heterocycles. The Hall–Kier alpha value is -0.0500. The van der Waals surface area contributed by atoms with E-state index in [9.17, 15) is 0 Å².